The molecule has 2 aromatic carbocycles. The minimum absolute atomic E-state index is 0.111. The summed E-state index contributed by atoms with van der Waals surface area (Å²) in [5.41, 5.74) is -4.86. The van der Waals surface area contributed by atoms with Gasteiger partial charge in [0.15, 0.2) is 11.5 Å². The van der Waals surface area contributed by atoms with Gasteiger partial charge >= 0.3 is 12.4 Å². The zero-order chi connectivity index (χ0) is 51.4. The largest absolute Gasteiger partial charge is 0.435 e. The molecule has 3 atom stereocenters. The molecule has 3 heterocycles. The van der Waals surface area contributed by atoms with Crippen LogP contribution in [0.3, 0.4) is 0 Å². The third-order valence-electron chi connectivity index (χ3n) is 9.99. The van der Waals surface area contributed by atoms with E-state index in [0.717, 1.165) is 25.3 Å². The van der Waals surface area contributed by atoms with Crippen molar-refractivity contribution >= 4 is 61.9 Å². The highest BCUT2D eigenvalue weighted by Gasteiger charge is 2.50. The quantitative estimate of drug-likeness (QED) is 0.103. The van der Waals surface area contributed by atoms with E-state index in [1.807, 2.05) is 27.7 Å². The number of nitrogens with one attached hydrogen (secondary N) is 1. The molecule has 68 heavy (non-hydrogen) atoms. The summed E-state index contributed by atoms with van der Waals surface area (Å²) in [5.74, 6) is -3.12. The van der Waals surface area contributed by atoms with Crippen LogP contribution in [0.25, 0.3) is 22.0 Å². The average molecular weight is 1030 g/mol. The summed E-state index contributed by atoms with van der Waals surface area (Å²) in [6.07, 6.45) is -9.99. The van der Waals surface area contributed by atoms with Gasteiger partial charge in [0, 0.05) is 59.4 Å². The zero-order valence-corrected chi connectivity index (χ0v) is 40.3. The molecule has 0 radical (unpaired) electrons. The van der Waals surface area contributed by atoms with E-state index in [1.54, 1.807) is 13.8 Å². The number of pyridine rings is 1. The molecule has 1 aliphatic carbocycles. The number of hydrogen-bond acceptors (Lipinski definition) is 7. The Morgan fingerprint density at radius 3 is 2.07 bits per heavy atom. The minimum atomic E-state index is -5.18. The van der Waals surface area contributed by atoms with Gasteiger partial charge < -0.3 is 5.32 Å². The number of benzene rings is 2. The number of halogens is 11. The van der Waals surface area contributed by atoms with Gasteiger partial charge in [-0.1, -0.05) is 51.3 Å². The molecule has 0 aliphatic heterocycles. The zero-order valence-electron chi connectivity index (χ0n) is 37.9. The monoisotopic (exact) mass is 1030 g/mol. The van der Waals surface area contributed by atoms with Gasteiger partial charge in [0.2, 0.25) is 11.8 Å². The Hall–Kier alpha value is -5.34. The van der Waals surface area contributed by atoms with Crippen molar-refractivity contribution in [3.8, 4) is 23.0 Å². The summed E-state index contributed by atoms with van der Waals surface area (Å²) in [4.78, 5) is 31.3. The molecule has 24 heteroatoms. The van der Waals surface area contributed by atoms with Gasteiger partial charge in [-0.15, -0.1) is 0 Å². The lowest BCUT2D eigenvalue weighted by Gasteiger charge is -2.23. The molecule has 2 amide bonds. The number of anilines is 1. The van der Waals surface area contributed by atoms with E-state index in [9.17, 15) is 53.1 Å². The molecular weight excluding hydrogens is 980 g/mol. The number of carbonyl (C=O) groups is 2. The Balaban J connectivity index is 0.00000245. The summed E-state index contributed by atoms with van der Waals surface area (Å²) in [7, 11) is -3.73. The Morgan fingerprint density at radius 2 is 1.53 bits per heavy atom. The molecule has 1 N–H and O–H groups in total. The van der Waals surface area contributed by atoms with E-state index >= 15 is 8.78 Å². The summed E-state index contributed by atoms with van der Waals surface area (Å²) in [5, 5.41) is 9.26. The highest BCUT2D eigenvalue weighted by Crippen LogP contribution is 2.47. The number of hydrogen-bond donors (Lipinski definition) is 1. The number of aromatic nitrogens is 5. The predicted molar refractivity (Wildman–Crippen MR) is 239 cm³/mol. The molecule has 0 bridgehead atoms. The molecular formula is C44H46ClF10N7O4S2. The van der Waals surface area contributed by atoms with E-state index in [0.29, 0.717) is 15.1 Å². The fourth-order valence-corrected chi connectivity index (χ4v) is 8.29. The lowest BCUT2D eigenvalue weighted by atomic mass is 9.93. The fourth-order valence-electron chi connectivity index (χ4n) is 7.13. The first-order chi connectivity index (χ1) is 31.6. The standard InChI is InChI=1S/C40H34ClF10N7O4S2.2C2H6/c1-20(59)58(64(5)62)36-31-28(41)9-8-26(33(31)57(55-36)19-39(46,47)48)25-7-6-24(10-12-37(2,3)63(4)61)52-32(25)29(16-21-14-22(42)17-23(43)15-21)53-30(60)18-56-35-27(11-13-38(35,44)45)34(54-56)40(49,50)51;2*1-2/h6-9,14-15,17,29H,11,13,16,18-19H2,1-5H3,(H,53,60);2*1-2H3. The van der Waals surface area contributed by atoms with Gasteiger partial charge in [-0.25, -0.2) is 22.3 Å². The van der Waals surface area contributed by atoms with Crippen molar-refractivity contribution in [3.05, 3.63) is 93.0 Å². The molecule has 6 rings (SSSR count). The first kappa shape index (κ1) is 55.3. The molecule has 0 fully saturated rings. The number of amides is 2. The molecule has 0 saturated heterocycles. The van der Waals surface area contributed by atoms with Crippen molar-refractivity contribution in [1.82, 2.24) is 29.9 Å². The second-order valence-electron chi connectivity index (χ2n) is 15.1. The smallest absolute Gasteiger partial charge is 0.346 e. The van der Waals surface area contributed by atoms with Crippen molar-refractivity contribution < 1.29 is 61.9 Å². The predicted octanol–water partition coefficient (Wildman–Crippen LogP) is 10.2. The first-order valence-corrected chi connectivity index (χ1v) is 24.1. The van der Waals surface area contributed by atoms with E-state index < -0.39 is 135 Å². The lowest BCUT2D eigenvalue weighted by molar-refractivity contribution is -0.143. The van der Waals surface area contributed by atoms with Crippen LogP contribution in [0.5, 0.6) is 0 Å². The first-order valence-electron chi connectivity index (χ1n) is 20.7. The molecule has 1 aliphatic rings. The van der Waals surface area contributed by atoms with Gasteiger partial charge in [0.25, 0.3) is 5.92 Å². The summed E-state index contributed by atoms with van der Waals surface area (Å²) >= 11 is 6.58. The SMILES string of the molecule is CC.CC.CC(=O)N(c1nn(CC(F)(F)F)c2c(-c3ccc(C#CC(C)(C)S(C)=O)nc3C(Cc3cc(F)cc(F)c3)NC(=O)Cn3nc(C(F)(F)F)c4c3C(F)(F)CC4)ccc(Cl)c12)S(C)=O. The Kier molecular flexibility index (Phi) is 17.5. The van der Waals surface area contributed by atoms with Crippen molar-refractivity contribution in [1.29, 1.82) is 0 Å². The molecule has 0 saturated carbocycles. The fraction of sp³-hybridized carbons (Fsp3) is 0.432. The number of alkyl halides is 8. The summed E-state index contributed by atoms with van der Waals surface area (Å²) in [6.45, 7) is 9.04. The highest BCUT2D eigenvalue weighted by molar-refractivity contribution is 7.86. The third kappa shape index (κ3) is 12.5. The van der Waals surface area contributed by atoms with Crippen molar-refractivity contribution in [3.63, 3.8) is 0 Å². The third-order valence-corrected chi connectivity index (χ3v) is 12.8. The van der Waals surface area contributed by atoms with Crippen LogP contribution in [-0.2, 0) is 69.4 Å². The maximum absolute atomic E-state index is 15.1. The van der Waals surface area contributed by atoms with Crippen molar-refractivity contribution in [2.24, 2.45) is 0 Å². The number of carbonyl (C=O) groups excluding carboxylic acids is 2. The van der Waals surface area contributed by atoms with Gasteiger partial charge in [-0.05, 0) is 68.5 Å². The minimum Gasteiger partial charge on any atom is -0.346 e. The van der Waals surface area contributed by atoms with Crippen LogP contribution in [0.2, 0.25) is 5.02 Å². The second-order valence-corrected chi connectivity index (χ2v) is 18.7. The average Bonchev–Trinajstić information content (AvgIpc) is 3.89. The van der Waals surface area contributed by atoms with Crippen LogP contribution in [0.1, 0.15) is 94.8 Å². The molecule has 0 spiro atoms. The molecule has 3 unspecified atom stereocenters. The van der Waals surface area contributed by atoms with Crippen LogP contribution < -0.4 is 9.62 Å². The van der Waals surface area contributed by atoms with Crippen molar-refractivity contribution in [2.45, 2.75) is 110 Å². The van der Waals surface area contributed by atoms with Gasteiger partial charge in [0.05, 0.1) is 27.7 Å². The van der Waals surface area contributed by atoms with Gasteiger partial charge in [-0.2, -0.15) is 45.3 Å². The molecule has 3 aromatic heterocycles. The Labute approximate surface area is 395 Å². The molecule has 5 aromatic rings. The maximum Gasteiger partial charge on any atom is 0.435 e. The molecule has 370 valence electrons. The van der Waals surface area contributed by atoms with Crippen molar-refractivity contribution in [2.75, 3.05) is 16.8 Å². The van der Waals surface area contributed by atoms with E-state index in [1.165, 1.54) is 30.5 Å². The van der Waals surface area contributed by atoms with Crippen LogP contribution in [-0.4, -0.2) is 68.2 Å². The van der Waals surface area contributed by atoms with Crippen LogP contribution in [0, 0.1) is 23.5 Å². The van der Waals surface area contributed by atoms with E-state index in [2.05, 4.69) is 32.3 Å². The van der Waals surface area contributed by atoms with Crippen LogP contribution in [0.15, 0.2) is 42.5 Å². The Morgan fingerprint density at radius 1 is 0.926 bits per heavy atom. The number of nitrogens with zero attached hydrogens (tertiary/aromatic N) is 6. The van der Waals surface area contributed by atoms with Gasteiger partial charge in [0.1, 0.15) is 51.8 Å². The Bertz CT molecular complexity index is 2780. The van der Waals surface area contributed by atoms with E-state index in [4.69, 9.17) is 11.6 Å². The normalized spacial score (nSPS) is 14.6. The topological polar surface area (TPSA) is 132 Å². The van der Waals surface area contributed by atoms with E-state index in [-0.39, 0.29) is 43.2 Å². The highest BCUT2D eigenvalue weighted by atomic mass is 35.5. The molecule has 11 nitrogen and oxygen atoms in total. The maximum atomic E-state index is 15.1. The summed E-state index contributed by atoms with van der Waals surface area (Å²) < 4.78 is 169. The van der Waals surface area contributed by atoms with Crippen LogP contribution >= 0.6 is 11.6 Å². The second kappa shape index (κ2) is 21.5. The number of fused-ring (bicyclic) bond motifs is 2. The summed E-state index contributed by atoms with van der Waals surface area (Å²) in [6, 6.07) is 5.65. The van der Waals surface area contributed by atoms with Crippen LogP contribution in [0.4, 0.5) is 49.7 Å². The number of rotatable bonds is 11. The van der Waals surface area contributed by atoms with Gasteiger partial charge in [-0.3, -0.25) is 23.2 Å². The lowest BCUT2D eigenvalue weighted by Crippen LogP contribution is -2.35.